The van der Waals surface area contributed by atoms with Crippen LogP contribution in [0, 0.1) is 5.92 Å². The van der Waals surface area contributed by atoms with E-state index in [0.29, 0.717) is 19.5 Å². The third-order valence-electron chi connectivity index (χ3n) is 3.64. The monoisotopic (exact) mass is 264 g/mol. The minimum Gasteiger partial charge on any atom is -0.467 e. The lowest BCUT2D eigenvalue weighted by atomic mass is 9.98. The number of amides is 2. The van der Waals surface area contributed by atoms with Crippen LogP contribution < -0.4 is 5.32 Å². The fourth-order valence-corrected chi connectivity index (χ4v) is 2.22. The van der Waals surface area contributed by atoms with Gasteiger partial charge in [-0.1, -0.05) is 20.3 Å². The first-order valence-electron chi connectivity index (χ1n) is 6.72. The van der Waals surface area contributed by atoms with Gasteiger partial charge in [0, 0.05) is 13.0 Å². The van der Waals surface area contributed by atoms with Crippen LogP contribution in [0.4, 0.5) is 0 Å². The molecule has 1 aromatic heterocycles. The summed E-state index contributed by atoms with van der Waals surface area (Å²) >= 11 is 0. The van der Waals surface area contributed by atoms with E-state index in [1.165, 1.54) is 0 Å². The third-order valence-corrected chi connectivity index (χ3v) is 3.64. The van der Waals surface area contributed by atoms with Gasteiger partial charge in [-0.2, -0.15) is 0 Å². The van der Waals surface area contributed by atoms with Gasteiger partial charge in [0.2, 0.25) is 11.8 Å². The molecular weight excluding hydrogens is 244 g/mol. The summed E-state index contributed by atoms with van der Waals surface area (Å²) in [6.07, 6.45) is 2.79. The Hall–Kier alpha value is -1.78. The summed E-state index contributed by atoms with van der Waals surface area (Å²) in [5, 5.41) is 2.83. The van der Waals surface area contributed by atoms with Crippen LogP contribution in [-0.2, 0) is 16.1 Å². The zero-order valence-electron chi connectivity index (χ0n) is 11.4. The van der Waals surface area contributed by atoms with Crippen molar-refractivity contribution in [3.05, 3.63) is 24.2 Å². The minimum absolute atomic E-state index is 0.0170. The van der Waals surface area contributed by atoms with Crippen molar-refractivity contribution in [1.82, 2.24) is 10.2 Å². The summed E-state index contributed by atoms with van der Waals surface area (Å²) in [6.45, 7) is 4.87. The number of hydrogen-bond acceptors (Lipinski definition) is 3. The van der Waals surface area contributed by atoms with Gasteiger partial charge < -0.3 is 14.6 Å². The highest BCUT2D eigenvalue weighted by atomic mass is 16.3. The lowest BCUT2D eigenvalue weighted by Crippen LogP contribution is -2.48. The van der Waals surface area contributed by atoms with Crippen LogP contribution >= 0.6 is 0 Å². The molecule has 0 aromatic carbocycles. The van der Waals surface area contributed by atoms with Crippen LogP contribution in [0.3, 0.4) is 0 Å². The van der Waals surface area contributed by atoms with Gasteiger partial charge in [0.05, 0.1) is 12.8 Å². The molecular formula is C14H20N2O3. The summed E-state index contributed by atoms with van der Waals surface area (Å²) in [5.41, 5.74) is 0. The van der Waals surface area contributed by atoms with Crippen molar-refractivity contribution in [2.75, 3.05) is 6.54 Å². The van der Waals surface area contributed by atoms with Crippen molar-refractivity contribution < 1.29 is 14.0 Å². The molecule has 104 valence electrons. The van der Waals surface area contributed by atoms with E-state index < -0.39 is 6.04 Å². The van der Waals surface area contributed by atoms with Crippen LogP contribution in [0.2, 0.25) is 0 Å². The molecule has 0 aliphatic carbocycles. The molecule has 2 rings (SSSR count). The van der Waals surface area contributed by atoms with Crippen molar-refractivity contribution in [3.63, 3.8) is 0 Å². The molecule has 1 aromatic rings. The average molecular weight is 264 g/mol. The third kappa shape index (κ3) is 3.16. The Labute approximate surface area is 113 Å². The van der Waals surface area contributed by atoms with Crippen molar-refractivity contribution in [3.8, 4) is 0 Å². The lowest BCUT2D eigenvalue weighted by Gasteiger charge is -2.26. The van der Waals surface area contributed by atoms with Crippen LogP contribution in [-0.4, -0.2) is 29.3 Å². The normalized spacial score (nSPS) is 22.0. The van der Waals surface area contributed by atoms with Gasteiger partial charge in [0.15, 0.2) is 0 Å². The van der Waals surface area contributed by atoms with Crippen LogP contribution in [0.5, 0.6) is 0 Å². The quantitative estimate of drug-likeness (QED) is 0.897. The molecule has 1 fully saturated rings. The number of carbonyl (C=O) groups excluding carboxylic acids is 2. The molecule has 1 aliphatic rings. The molecule has 0 spiro atoms. The Bertz CT molecular complexity index is 442. The van der Waals surface area contributed by atoms with E-state index in [4.69, 9.17) is 4.42 Å². The second-order valence-electron chi connectivity index (χ2n) is 5.02. The van der Waals surface area contributed by atoms with E-state index in [1.54, 1.807) is 17.2 Å². The second kappa shape index (κ2) is 5.91. The van der Waals surface area contributed by atoms with E-state index in [9.17, 15) is 9.59 Å². The van der Waals surface area contributed by atoms with Gasteiger partial charge in [-0.25, -0.2) is 0 Å². The number of nitrogens with one attached hydrogen (secondary N) is 1. The van der Waals surface area contributed by atoms with Crippen LogP contribution in [0.1, 0.15) is 32.4 Å². The van der Waals surface area contributed by atoms with E-state index in [2.05, 4.69) is 5.32 Å². The van der Waals surface area contributed by atoms with Crippen molar-refractivity contribution in [2.24, 2.45) is 5.92 Å². The number of nitrogens with zero attached hydrogens (tertiary/aromatic N) is 1. The SMILES string of the molecule is CCC(C)C1NC(=O)CCN(Cc2ccco2)C1=O. The van der Waals surface area contributed by atoms with E-state index in [-0.39, 0.29) is 17.7 Å². The molecule has 2 atom stereocenters. The summed E-state index contributed by atoms with van der Waals surface area (Å²) in [6, 6.07) is 3.22. The number of hydrogen-bond donors (Lipinski definition) is 1. The molecule has 19 heavy (non-hydrogen) atoms. The summed E-state index contributed by atoms with van der Waals surface area (Å²) < 4.78 is 5.28. The van der Waals surface area contributed by atoms with Gasteiger partial charge >= 0.3 is 0 Å². The number of carbonyl (C=O) groups is 2. The molecule has 1 aliphatic heterocycles. The van der Waals surface area contributed by atoms with E-state index in [0.717, 1.165) is 12.2 Å². The van der Waals surface area contributed by atoms with E-state index >= 15 is 0 Å². The highest BCUT2D eigenvalue weighted by molar-refractivity contribution is 5.90. The van der Waals surface area contributed by atoms with Crippen molar-refractivity contribution in [1.29, 1.82) is 0 Å². The molecule has 2 heterocycles. The van der Waals surface area contributed by atoms with Gasteiger partial charge in [0.25, 0.3) is 0 Å². The molecule has 1 N–H and O–H groups in total. The average Bonchev–Trinajstić information content (AvgIpc) is 2.87. The number of furan rings is 1. The van der Waals surface area contributed by atoms with Crippen molar-refractivity contribution in [2.45, 2.75) is 39.3 Å². The van der Waals surface area contributed by atoms with E-state index in [1.807, 2.05) is 19.9 Å². The van der Waals surface area contributed by atoms with Crippen LogP contribution in [0.15, 0.2) is 22.8 Å². The fraction of sp³-hybridized carbons (Fsp3) is 0.571. The number of rotatable bonds is 4. The minimum atomic E-state index is -0.421. The molecule has 0 radical (unpaired) electrons. The molecule has 5 heteroatoms. The van der Waals surface area contributed by atoms with Crippen LogP contribution in [0.25, 0.3) is 0 Å². The topological polar surface area (TPSA) is 62.6 Å². The maximum absolute atomic E-state index is 12.5. The predicted molar refractivity (Wildman–Crippen MR) is 70.1 cm³/mol. The zero-order valence-corrected chi connectivity index (χ0v) is 11.4. The summed E-state index contributed by atoms with van der Waals surface area (Å²) in [7, 11) is 0. The predicted octanol–water partition coefficient (Wildman–Crippen LogP) is 1.54. The first-order valence-corrected chi connectivity index (χ1v) is 6.72. The Balaban J connectivity index is 2.13. The molecule has 0 saturated carbocycles. The van der Waals surface area contributed by atoms with Gasteiger partial charge in [-0.15, -0.1) is 0 Å². The second-order valence-corrected chi connectivity index (χ2v) is 5.02. The smallest absolute Gasteiger partial charge is 0.245 e. The first kappa shape index (κ1) is 13.6. The zero-order chi connectivity index (χ0) is 13.8. The first-order chi connectivity index (χ1) is 9.11. The summed E-state index contributed by atoms with van der Waals surface area (Å²) in [4.78, 5) is 25.9. The van der Waals surface area contributed by atoms with Gasteiger partial charge in [-0.05, 0) is 18.1 Å². The standard InChI is InChI=1S/C14H20N2O3/c1-3-10(2)13-14(18)16(7-6-12(17)15-13)9-11-5-4-8-19-11/h4-5,8,10,13H,3,6-7,9H2,1-2H3,(H,15,17). The molecule has 2 unspecified atom stereocenters. The Morgan fingerprint density at radius 1 is 1.53 bits per heavy atom. The highest BCUT2D eigenvalue weighted by Crippen LogP contribution is 2.16. The molecule has 0 bridgehead atoms. The van der Waals surface area contributed by atoms with Gasteiger partial charge in [-0.3, -0.25) is 9.59 Å². The molecule has 2 amide bonds. The summed E-state index contributed by atoms with van der Waals surface area (Å²) in [5.74, 6) is 0.802. The maximum Gasteiger partial charge on any atom is 0.245 e. The molecule has 5 nitrogen and oxygen atoms in total. The van der Waals surface area contributed by atoms with Gasteiger partial charge in [0.1, 0.15) is 11.8 Å². The highest BCUT2D eigenvalue weighted by Gasteiger charge is 2.33. The molecule has 1 saturated heterocycles. The Morgan fingerprint density at radius 2 is 2.32 bits per heavy atom. The Kier molecular flexibility index (Phi) is 4.24. The lowest BCUT2D eigenvalue weighted by molar-refractivity contribution is -0.135. The largest absolute Gasteiger partial charge is 0.467 e. The fourth-order valence-electron chi connectivity index (χ4n) is 2.22. The maximum atomic E-state index is 12.5. The Morgan fingerprint density at radius 3 is 2.95 bits per heavy atom. The van der Waals surface area contributed by atoms with Crippen molar-refractivity contribution >= 4 is 11.8 Å².